The van der Waals surface area contributed by atoms with Crippen LogP contribution in [0.4, 0.5) is 13.2 Å². The van der Waals surface area contributed by atoms with Crippen molar-refractivity contribution in [2.45, 2.75) is 64.5 Å². The number of hydrogen-bond acceptors (Lipinski definition) is 6. The van der Waals surface area contributed by atoms with Gasteiger partial charge in [0.05, 0.1) is 6.26 Å². The number of alkyl halides is 3. The minimum atomic E-state index is -5.81. The third-order valence-electron chi connectivity index (χ3n) is 5.99. The lowest BCUT2D eigenvalue weighted by atomic mass is 9.99. The number of amides is 2. The molecule has 2 atom stereocenters. The molecule has 0 bridgehead atoms. The lowest BCUT2D eigenvalue weighted by Gasteiger charge is -2.31. The summed E-state index contributed by atoms with van der Waals surface area (Å²) in [5.74, 6) is -1.29. The fraction of sp³-hybridized carbons (Fsp3) is 0.565. The van der Waals surface area contributed by atoms with Crippen LogP contribution in [0.5, 0.6) is 5.75 Å². The molecular weight excluding hydrogens is 489 g/mol. The maximum absolute atomic E-state index is 13.3. The van der Waals surface area contributed by atoms with Crippen molar-refractivity contribution in [2.24, 2.45) is 11.8 Å². The van der Waals surface area contributed by atoms with Crippen LogP contribution < -0.4 is 9.50 Å². The molecule has 1 saturated heterocycles. The van der Waals surface area contributed by atoms with E-state index in [1.807, 2.05) is 13.8 Å². The fourth-order valence-corrected chi connectivity index (χ4v) is 4.50. The second kappa shape index (κ2) is 10.1. The second-order valence-electron chi connectivity index (χ2n) is 9.32. The molecule has 1 aliphatic heterocycles. The zero-order valence-corrected chi connectivity index (χ0v) is 20.7. The molecular formula is C23H29F3N2O6S. The second-order valence-corrected chi connectivity index (χ2v) is 10.9. The third kappa shape index (κ3) is 5.91. The van der Waals surface area contributed by atoms with Crippen LogP contribution in [0.1, 0.15) is 46.1 Å². The number of rotatable bonds is 8. The highest BCUT2D eigenvalue weighted by atomic mass is 32.2. The van der Waals surface area contributed by atoms with Gasteiger partial charge >= 0.3 is 15.6 Å². The standard InChI is InChI=1S/C23H29F3N2O6S/c1-13(2)20(27-21(29)14(3)4)22(30)28-9-5-6-16(28)10-15-12-33-19-8-7-17(11-18(15)19)34-35(31,32)23(24,25)26/h7-8,11-14,16,20H,5-6,9-10H2,1-4H3,(H,27,29)/t16-,20-/m0/s1. The van der Waals surface area contributed by atoms with Crippen LogP contribution in [-0.2, 0) is 26.1 Å². The van der Waals surface area contributed by atoms with Gasteiger partial charge in [-0.05, 0) is 43.4 Å². The number of carbonyl (C=O) groups excluding carboxylic acids is 2. The molecule has 35 heavy (non-hydrogen) atoms. The van der Waals surface area contributed by atoms with Crippen LogP contribution in [0, 0.1) is 11.8 Å². The van der Waals surface area contributed by atoms with Gasteiger partial charge in [-0.15, -0.1) is 0 Å². The minimum Gasteiger partial charge on any atom is -0.464 e. The number of benzene rings is 1. The van der Waals surface area contributed by atoms with Crippen LogP contribution in [-0.4, -0.2) is 49.3 Å². The van der Waals surface area contributed by atoms with Gasteiger partial charge in [-0.3, -0.25) is 9.59 Å². The predicted octanol–water partition coefficient (Wildman–Crippen LogP) is 3.99. The van der Waals surface area contributed by atoms with Crippen molar-refractivity contribution in [1.29, 1.82) is 0 Å². The summed E-state index contributed by atoms with van der Waals surface area (Å²) in [6, 6.07) is 2.68. The average molecular weight is 519 g/mol. The Morgan fingerprint density at radius 3 is 2.51 bits per heavy atom. The molecule has 0 radical (unpaired) electrons. The molecule has 0 aliphatic carbocycles. The van der Waals surface area contributed by atoms with E-state index in [2.05, 4.69) is 9.50 Å². The molecule has 8 nitrogen and oxygen atoms in total. The van der Waals surface area contributed by atoms with Crippen molar-refractivity contribution < 1.29 is 39.8 Å². The van der Waals surface area contributed by atoms with Crippen molar-refractivity contribution >= 4 is 32.9 Å². The fourth-order valence-electron chi connectivity index (χ4n) is 4.05. The summed E-state index contributed by atoms with van der Waals surface area (Å²) in [6.45, 7) is 7.72. The van der Waals surface area contributed by atoms with E-state index in [0.29, 0.717) is 35.9 Å². The molecule has 2 heterocycles. The zero-order valence-electron chi connectivity index (χ0n) is 19.9. The molecule has 1 aliphatic rings. The first-order valence-corrected chi connectivity index (χ1v) is 12.7. The Bertz CT molecular complexity index is 1190. The summed E-state index contributed by atoms with van der Waals surface area (Å²) in [5, 5.41) is 3.22. The van der Waals surface area contributed by atoms with Crippen LogP contribution >= 0.6 is 0 Å². The molecule has 1 N–H and O–H groups in total. The van der Waals surface area contributed by atoms with E-state index in [0.717, 1.165) is 12.5 Å². The Hall–Kier alpha value is -2.76. The minimum absolute atomic E-state index is 0.128. The smallest absolute Gasteiger partial charge is 0.464 e. The number of nitrogens with zero attached hydrogens (tertiary/aromatic N) is 1. The van der Waals surface area contributed by atoms with Gasteiger partial charge in [-0.1, -0.05) is 27.7 Å². The molecule has 2 amide bonds. The topological polar surface area (TPSA) is 106 Å². The van der Waals surface area contributed by atoms with Crippen LogP contribution in [0.15, 0.2) is 28.9 Å². The average Bonchev–Trinajstić information content (AvgIpc) is 3.37. The van der Waals surface area contributed by atoms with Gasteiger partial charge in [0.15, 0.2) is 0 Å². The Labute approximate surface area is 201 Å². The van der Waals surface area contributed by atoms with E-state index in [1.165, 1.54) is 18.4 Å². The van der Waals surface area contributed by atoms with Gasteiger partial charge in [-0.25, -0.2) is 0 Å². The van der Waals surface area contributed by atoms with Gasteiger partial charge in [0.2, 0.25) is 11.8 Å². The lowest BCUT2D eigenvalue weighted by molar-refractivity contribution is -0.139. The van der Waals surface area contributed by atoms with E-state index < -0.39 is 27.4 Å². The van der Waals surface area contributed by atoms with E-state index in [-0.39, 0.29) is 29.7 Å². The predicted molar refractivity (Wildman–Crippen MR) is 122 cm³/mol. The van der Waals surface area contributed by atoms with Gasteiger partial charge in [0.25, 0.3) is 0 Å². The van der Waals surface area contributed by atoms with E-state index in [9.17, 15) is 31.2 Å². The van der Waals surface area contributed by atoms with Crippen LogP contribution in [0.25, 0.3) is 11.0 Å². The Morgan fingerprint density at radius 2 is 1.91 bits per heavy atom. The summed E-state index contributed by atoms with van der Waals surface area (Å²) in [6.07, 6.45) is 3.23. The van der Waals surface area contributed by atoms with Gasteiger partial charge < -0.3 is 18.8 Å². The molecule has 0 spiro atoms. The number of likely N-dealkylation sites (tertiary alicyclic amines) is 1. The van der Waals surface area contributed by atoms with Gasteiger partial charge in [0.1, 0.15) is 17.4 Å². The van der Waals surface area contributed by atoms with Crippen molar-refractivity contribution in [3.8, 4) is 5.75 Å². The number of furan rings is 1. The molecule has 194 valence electrons. The van der Waals surface area contributed by atoms with E-state index in [1.54, 1.807) is 18.7 Å². The summed E-state index contributed by atoms with van der Waals surface area (Å²) < 4.78 is 70.5. The molecule has 12 heteroatoms. The highest BCUT2D eigenvalue weighted by molar-refractivity contribution is 7.88. The molecule has 1 aromatic heterocycles. The number of fused-ring (bicyclic) bond motifs is 1. The highest BCUT2D eigenvalue weighted by Crippen LogP contribution is 2.32. The molecule has 0 saturated carbocycles. The number of nitrogens with one attached hydrogen (secondary N) is 1. The molecule has 1 fully saturated rings. The van der Waals surface area contributed by atoms with Gasteiger partial charge in [-0.2, -0.15) is 21.6 Å². The van der Waals surface area contributed by atoms with Gasteiger partial charge in [0, 0.05) is 29.5 Å². The summed E-state index contributed by atoms with van der Waals surface area (Å²) in [5.41, 5.74) is -4.60. The van der Waals surface area contributed by atoms with Crippen molar-refractivity contribution in [3.05, 3.63) is 30.0 Å². The first kappa shape index (κ1) is 26.8. The maximum Gasteiger partial charge on any atom is 0.534 e. The summed E-state index contributed by atoms with van der Waals surface area (Å²) in [4.78, 5) is 27.3. The van der Waals surface area contributed by atoms with Crippen molar-refractivity contribution in [2.75, 3.05) is 6.54 Å². The zero-order chi connectivity index (χ0) is 26.1. The normalized spacial score (nSPS) is 17.9. The van der Waals surface area contributed by atoms with Crippen LogP contribution in [0.3, 0.4) is 0 Å². The SMILES string of the molecule is CC(C)C(=O)N[C@H](C(=O)N1CCC[C@H]1Cc1coc2ccc(OS(=O)(=O)C(F)(F)F)cc12)C(C)C. The first-order valence-electron chi connectivity index (χ1n) is 11.3. The number of halogens is 3. The Balaban J connectivity index is 1.82. The summed E-state index contributed by atoms with van der Waals surface area (Å²) >= 11 is 0. The lowest BCUT2D eigenvalue weighted by Crippen LogP contribution is -2.53. The Kier molecular flexibility index (Phi) is 7.73. The highest BCUT2D eigenvalue weighted by Gasteiger charge is 2.48. The number of carbonyl (C=O) groups is 2. The summed E-state index contributed by atoms with van der Waals surface area (Å²) in [7, 11) is -5.81. The van der Waals surface area contributed by atoms with E-state index >= 15 is 0 Å². The Morgan fingerprint density at radius 1 is 1.23 bits per heavy atom. The van der Waals surface area contributed by atoms with Crippen molar-refractivity contribution in [1.82, 2.24) is 10.2 Å². The van der Waals surface area contributed by atoms with Crippen LogP contribution in [0.2, 0.25) is 0 Å². The molecule has 0 unspecified atom stereocenters. The first-order chi connectivity index (χ1) is 16.2. The molecule has 1 aromatic carbocycles. The maximum atomic E-state index is 13.3. The monoisotopic (exact) mass is 518 g/mol. The van der Waals surface area contributed by atoms with Crippen molar-refractivity contribution in [3.63, 3.8) is 0 Å². The largest absolute Gasteiger partial charge is 0.534 e. The molecule has 3 rings (SSSR count). The van der Waals surface area contributed by atoms with E-state index in [4.69, 9.17) is 4.42 Å². The number of hydrogen-bond donors (Lipinski definition) is 1. The quantitative estimate of drug-likeness (QED) is 0.419. The molecule has 2 aromatic rings. The third-order valence-corrected chi connectivity index (χ3v) is 6.96.